The summed E-state index contributed by atoms with van der Waals surface area (Å²) < 4.78 is 4.96. The molecule has 1 saturated heterocycles. The third-order valence-corrected chi connectivity index (χ3v) is 2.51. The Morgan fingerprint density at radius 3 is 2.38 bits per heavy atom. The minimum absolute atomic E-state index is 0.110. The van der Waals surface area contributed by atoms with Crippen LogP contribution < -0.4 is 0 Å². The first kappa shape index (κ1) is 10.3. The summed E-state index contributed by atoms with van der Waals surface area (Å²) in [4.78, 5) is 11.1. The van der Waals surface area contributed by atoms with E-state index < -0.39 is 6.10 Å². The highest BCUT2D eigenvalue weighted by Gasteiger charge is 2.41. The fourth-order valence-electron chi connectivity index (χ4n) is 1.64. The molecule has 3 atom stereocenters. The van der Waals surface area contributed by atoms with Gasteiger partial charge in [-0.3, -0.25) is 0 Å². The van der Waals surface area contributed by atoms with Crippen LogP contribution in [0, 0.1) is 11.8 Å². The molecular formula is C10H16O3. The normalized spacial score (nSPS) is 30.8. The van der Waals surface area contributed by atoms with E-state index >= 15 is 0 Å². The van der Waals surface area contributed by atoms with Crippen molar-refractivity contribution in [3.8, 4) is 0 Å². The Morgan fingerprint density at radius 1 is 1.54 bits per heavy atom. The first-order valence-electron chi connectivity index (χ1n) is 4.53. The minimum atomic E-state index is -0.547. The maximum atomic E-state index is 11.1. The maximum Gasteiger partial charge on any atom is 0.334 e. The van der Waals surface area contributed by atoms with Crippen LogP contribution in [-0.2, 0) is 9.53 Å². The van der Waals surface area contributed by atoms with Crippen LogP contribution in [0.4, 0.5) is 0 Å². The molecule has 74 valence electrons. The van der Waals surface area contributed by atoms with E-state index in [1.54, 1.807) is 6.92 Å². The van der Waals surface area contributed by atoms with Gasteiger partial charge < -0.3 is 9.84 Å². The molecular weight excluding hydrogens is 168 g/mol. The molecule has 1 fully saturated rings. The van der Waals surface area contributed by atoms with Crippen LogP contribution in [0.2, 0.25) is 0 Å². The summed E-state index contributed by atoms with van der Waals surface area (Å²) in [6, 6.07) is 0. The highest BCUT2D eigenvalue weighted by molar-refractivity contribution is 5.90. The van der Waals surface area contributed by atoms with Crippen molar-refractivity contribution >= 4 is 5.97 Å². The number of carbonyl (C=O) groups excluding carboxylic acids is 1. The van der Waals surface area contributed by atoms with Gasteiger partial charge in [-0.15, -0.1) is 0 Å². The molecule has 0 saturated carbocycles. The summed E-state index contributed by atoms with van der Waals surface area (Å²) in [6.45, 7) is 9.24. The van der Waals surface area contributed by atoms with E-state index in [0.717, 1.165) is 0 Å². The van der Waals surface area contributed by atoms with E-state index in [-0.39, 0.29) is 23.9 Å². The molecule has 13 heavy (non-hydrogen) atoms. The third-order valence-electron chi connectivity index (χ3n) is 2.51. The lowest BCUT2D eigenvalue weighted by Gasteiger charge is -2.23. The summed E-state index contributed by atoms with van der Waals surface area (Å²) >= 11 is 0. The van der Waals surface area contributed by atoms with E-state index in [1.165, 1.54) is 0 Å². The molecule has 1 rings (SSSR count). The molecule has 0 aliphatic carbocycles. The van der Waals surface area contributed by atoms with Crippen molar-refractivity contribution < 1.29 is 14.6 Å². The smallest absolute Gasteiger partial charge is 0.334 e. The highest BCUT2D eigenvalue weighted by atomic mass is 16.6. The van der Waals surface area contributed by atoms with Crippen LogP contribution in [0.15, 0.2) is 12.2 Å². The molecule has 0 bridgehead atoms. The topological polar surface area (TPSA) is 46.5 Å². The predicted molar refractivity (Wildman–Crippen MR) is 49.0 cm³/mol. The molecule has 1 aliphatic heterocycles. The molecule has 0 aromatic carbocycles. The number of hydrogen-bond donors (Lipinski definition) is 1. The number of hydrogen-bond acceptors (Lipinski definition) is 3. The molecule has 0 spiro atoms. The van der Waals surface area contributed by atoms with Crippen molar-refractivity contribution in [1.82, 2.24) is 0 Å². The van der Waals surface area contributed by atoms with Crippen molar-refractivity contribution in [2.75, 3.05) is 0 Å². The van der Waals surface area contributed by atoms with Crippen LogP contribution in [0.1, 0.15) is 20.8 Å². The number of aliphatic hydroxyl groups excluding tert-OH is 1. The van der Waals surface area contributed by atoms with Gasteiger partial charge >= 0.3 is 5.97 Å². The molecule has 1 heterocycles. The quantitative estimate of drug-likeness (QED) is 0.516. The van der Waals surface area contributed by atoms with Gasteiger partial charge in [-0.1, -0.05) is 20.4 Å². The lowest BCUT2D eigenvalue weighted by molar-refractivity contribution is -0.138. The van der Waals surface area contributed by atoms with Crippen LogP contribution in [-0.4, -0.2) is 23.3 Å². The molecule has 3 heteroatoms. The van der Waals surface area contributed by atoms with E-state index in [0.29, 0.717) is 5.57 Å². The molecule has 3 nitrogen and oxygen atoms in total. The molecule has 0 amide bonds. The number of ether oxygens (including phenoxy) is 1. The zero-order chi connectivity index (χ0) is 10.2. The fraction of sp³-hybridized carbons (Fsp3) is 0.700. The van der Waals surface area contributed by atoms with Gasteiger partial charge in [0.05, 0.1) is 12.0 Å². The summed E-state index contributed by atoms with van der Waals surface area (Å²) in [6.07, 6.45) is -0.800. The second-order valence-electron chi connectivity index (χ2n) is 3.90. The highest BCUT2D eigenvalue weighted by Crippen LogP contribution is 2.31. The first-order valence-corrected chi connectivity index (χ1v) is 4.53. The third kappa shape index (κ3) is 1.75. The number of aliphatic hydroxyl groups is 1. The summed E-state index contributed by atoms with van der Waals surface area (Å²) in [5.74, 6) is -0.511. The molecule has 1 aliphatic rings. The Kier molecular flexibility index (Phi) is 2.76. The Balaban J connectivity index is 2.79. The SMILES string of the molecule is C=C1C(=O)O[C@@H](C)[C@@H]1[C@H](O)C(C)C. The van der Waals surface area contributed by atoms with E-state index in [9.17, 15) is 9.90 Å². The summed E-state index contributed by atoms with van der Waals surface area (Å²) in [5, 5.41) is 9.79. The average Bonchev–Trinajstić information content (AvgIpc) is 2.26. The minimum Gasteiger partial charge on any atom is -0.459 e. The van der Waals surface area contributed by atoms with Crippen molar-refractivity contribution in [3.05, 3.63) is 12.2 Å². The van der Waals surface area contributed by atoms with Gasteiger partial charge in [-0.05, 0) is 12.8 Å². The maximum absolute atomic E-state index is 11.1. The second kappa shape index (κ2) is 3.50. The lowest BCUT2D eigenvalue weighted by atomic mass is 9.86. The van der Waals surface area contributed by atoms with Gasteiger partial charge in [-0.2, -0.15) is 0 Å². The monoisotopic (exact) mass is 184 g/mol. The largest absolute Gasteiger partial charge is 0.459 e. The molecule has 1 N–H and O–H groups in total. The van der Waals surface area contributed by atoms with Crippen molar-refractivity contribution in [1.29, 1.82) is 0 Å². The Labute approximate surface area is 78.4 Å². The number of esters is 1. The van der Waals surface area contributed by atoms with Crippen molar-refractivity contribution in [3.63, 3.8) is 0 Å². The zero-order valence-electron chi connectivity index (χ0n) is 8.28. The van der Waals surface area contributed by atoms with Gasteiger partial charge in [0.2, 0.25) is 0 Å². The average molecular weight is 184 g/mol. The molecule has 0 unspecified atom stereocenters. The zero-order valence-corrected chi connectivity index (χ0v) is 8.28. The van der Waals surface area contributed by atoms with E-state index in [4.69, 9.17) is 4.74 Å². The number of cyclic esters (lactones) is 1. The van der Waals surface area contributed by atoms with Crippen molar-refractivity contribution in [2.45, 2.75) is 33.0 Å². The van der Waals surface area contributed by atoms with Gasteiger partial charge in [0.15, 0.2) is 0 Å². The van der Waals surface area contributed by atoms with Gasteiger partial charge in [0.25, 0.3) is 0 Å². The van der Waals surface area contributed by atoms with Crippen molar-refractivity contribution in [2.24, 2.45) is 11.8 Å². The van der Waals surface area contributed by atoms with E-state index in [2.05, 4.69) is 6.58 Å². The van der Waals surface area contributed by atoms with Crippen LogP contribution in [0.3, 0.4) is 0 Å². The standard InChI is InChI=1S/C10H16O3/c1-5(2)9(11)8-6(3)10(12)13-7(8)4/h5,7-9,11H,3H2,1-2,4H3/t7-,8+,9+/m0/s1. The molecule has 0 radical (unpaired) electrons. The van der Waals surface area contributed by atoms with Gasteiger partial charge in [0.1, 0.15) is 6.10 Å². The fourth-order valence-corrected chi connectivity index (χ4v) is 1.64. The molecule has 0 aromatic rings. The number of rotatable bonds is 2. The van der Waals surface area contributed by atoms with Gasteiger partial charge in [-0.25, -0.2) is 4.79 Å². The Hall–Kier alpha value is -0.830. The number of carbonyl (C=O) groups is 1. The van der Waals surface area contributed by atoms with Crippen LogP contribution >= 0.6 is 0 Å². The second-order valence-corrected chi connectivity index (χ2v) is 3.90. The summed E-state index contributed by atoms with van der Waals surface area (Å²) in [5.41, 5.74) is 0.397. The van der Waals surface area contributed by atoms with Gasteiger partial charge in [0, 0.05) is 5.57 Å². The lowest BCUT2D eigenvalue weighted by Crippen LogP contribution is -2.31. The van der Waals surface area contributed by atoms with E-state index in [1.807, 2.05) is 13.8 Å². The summed E-state index contributed by atoms with van der Waals surface area (Å²) in [7, 11) is 0. The Bertz CT molecular complexity index is 232. The van der Waals surface area contributed by atoms with Crippen LogP contribution in [0.5, 0.6) is 0 Å². The Morgan fingerprint density at radius 2 is 2.08 bits per heavy atom. The molecule has 0 aromatic heterocycles. The van der Waals surface area contributed by atoms with Crippen LogP contribution in [0.25, 0.3) is 0 Å². The first-order chi connectivity index (χ1) is 5.95. The predicted octanol–water partition coefficient (Wildman–Crippen LogP) is 1.12.